The molecule has 2 bridgehead atoms. The second-order valence-corrected chi connectivity index (χ2v) is 13.0. The number of imidazole rings is 1. The van der Waals surface area contributed by atoms with E-state index in [9.17, 15) is 4.79 Å². The number of amides is 1. The monoisotopic (exact) mass is 576 g/mol. The Morgan fingerprint density at radius 2 is 1.51 bits per heavy atom. The van der Waals surface area contributed by atoms with Gasteiger partial charge in [0.2, 0.25) is 5.91 Å². The van der Waals surface area contributed by atoms with Gasteiger partial charge in [-0.1, -0.05) is 60.7 Å². The first-order valence-electron chi connectivity index (χ1n) is 16.3. The predicted octanol–water partition coefficient (Wildman–Crippen LogP) is 6.93. The highest BCUT2D eigenvalue weighted by Gasteiger charge is 2.44. The molecular weight excluding hydrogens is 532 g/mol. The van der Waals surface area contributed by atoms with Crippen molar-refractivity contribution in [3.05, 3.63) is 96.3 Å². The van der Waals surface area contributed by atoms with Crippen LogP contribution < -0.4 is 4.74 Å². The number of ether oxygens (including phenoxy) is 1. The quantitative estimate of drug-likeness (QED) is 0.217. The van der Waals surface area contributed by atoms with E-state index in [0.29, 0.717) is 31.2 Å². The standard InChI is InChI=1S/C37H44N4O2/c1-28-38-34-14-8-9-15-35(34)41(28)32-26-30-16-17-31(27-32)40(30)24-21-37(29-10-4-2-5-11-29)19-22-39(23-20-37)36(42)18-25-43-33-12-6-3-7-13-33/h2-15,30-32H,16-27H2,1H3. The molecule has 2 unspecified atom stereocenters. The molecule has 3 fully saturated rings. The van der Waals surface area contributed by atoms with Crippen LogP contribution in [0.4, 0.5) is 0 Å². The number of nitrogens with zero attached hydrogens (tertiary/aromatic N) is 4. The molecule has 1 amide bonds. The summed E-state index contributed by atoms with van der Waals surface area (Å²) in [6, 6.07) is 31.3. The SMILES string of the molecule is Cc1nc2ccccc2n1C1CC2CCC(C1)N2CCC1(c2ccccc2)CCN(C(=O)CCOc2ccccc2)CC1. The number of likely N-dealkylation sites (tertiary alicyclic amines) is 1. The largest absolute Gasteiger partial charge is 0.493 e. The van der Waals surface area contributed by atoms with Crippen LogP contribution in [0, 0.1) is 6.92 Å². The van der Waals surface area contributed by atoms with Crippen LogP contribution >= 0.6 is 0 Å². The molecule has 0 spiro atoms. The van der Waals surface area contributed by atoms with Gasteiger partial charge in [0.15, 0.2) is 0 Å². The number of hydrogen-bond acceptors (Lipinski definition) is 4. The second kappa shape index (κ2) is 12.2. The molecule has 2 atom stereocenters. The van der Waals surface area contributed by atoms with E-state index in [4.69, 9.17) is 9.72 Å². The number of rotatable bonds is 9. The molecule has 0 aliphatic carbocycles. The molecule has 3 saturated heterocycles. The fourth-order valence-corrected chi connectivity index (χ4v) is 8.38. The van der Waals surface area contributed by atoms with Crippen molar-refractivity contribution in [2.24, 2.45) is 0 Å². The van der Waals surface area contributed by atoms with Gasteiger partial charge in [-0.3, -0.25) is 9.69 Å². The van der Waals surface area contributed by atoms with Gasteiger partial charge in [0, 0.05) is 31.2 Å². The molecule has 6 heteroatoms. The minimum Gasteiger partial charge on any atom is -0.493 e. The maximum absolute atomic E-state index is 13.1. The third kappa shape index (κ3) is 5.70. The number of benzene rings is 3. The molecule has 0 radical (unpaired) electrons. The van der Waals surface area contributed by atoms with E-state index >= 15 is 0 Å². The lowest BCUT2D eigenvalue weighted by Crippen LogP contribution is -2.49. The normalized spacial score (nSPS) is 23.5. The molecule has 3 aliphatic rings. The highest BCUT2D eigenvalue weighted by molar-refractivity contribution is 5.77. The van der Waals surface area contributed by atoms with E-state index < -0.39 is 0 Å². The van der Waals surface area contributed by atoms with E-state index in [1.165, 1.54) is 36.8 Å². The Balaban J connectivity index is 0.996. The molecule has 3 aliphatic heterocycles. The summed E-state index contributed by atoms with van der Waals surface area (Å²) in [7, 11) is 0. The van der Waals surface area contributed by atoms with E-state index in [2.05, 4.69) is 75.9 Å². The second-order valence-electron chi connectivity index (χ2n) is 13.0. The molecule has 0 N–H and O–H groups in total. The van der Waals surface area contributed by atoms with Crippen LogP contribution in [0.15, 0.2) is 84.9 Å². The highest BCUT2D eigenvalue weighted by Crippen LogP contribution is 2.45. The number of fused-ring (bicyclic) bond motifs is 3. The molecule has 4 heterocycles. The molecule has 3 aromatic carbocycles. The topological polar surface area (TPSA) is 50.6 Å². The number of hydrogen-bond donors (Lipinski definition) is 0. The highest BCUT2D eigenvalue weighted by atomic mass is 16.5. The fraction of sp³-hybridized carbons (Fsp3) is 0.459. The first kappa shape index (κ1) is 28.1. The third-order valence-corrected chi connectivity index (χ3v) is 10.6. The number of piperidine rings is 2. The van der Waals surface area contributed by atoms with Gasteiger partial charge in [-0.25, -0.2) is 4.98 Å². The summed E-state index contributed by atoms with van der Waals surface area (Å²) < 4.78 is 8.34. The van der Waals surface area contributed by atoms with Crippen molar-refractivity contribution in [3.8, 4) is 5.75 Å². The first-order chi connectivity index (χ1) is 21.1. The van der Waals surface area contributed by atoms with E-state index in [1.54, 1.807) is 0 Å². The van der Waals surface area contributed by atoms with Crippen LogP contribution in [0.5, 0.6) is 5.75 Å². The lowest BCUT2D eigenvalue weighted by molar-refractivity contribution is -0.133. The van der Waals surface area contributed by atoms with Gasteiger partial charge in [0.25, 0.3) is 0 Å². The van der Waals surface area contributed by atoms with Crippen LogP contribution in [0.2, 0.25) is 0 Å². The Hall–Kier alpha value is -3.64. The fourth-order valence-electron chi connectivity index (χ4n) is 8.38. The summed E-state index contributed by atoms with van der Waals surface area (Å²) >= 11 is 0. The van der Waals surface area contributed by atoms with Crippen LogP contribution in [0.3, 0.4) is 0 Å². The average Bonchev–Trinajstić information content (AvgIpc) is 3.51. The number of para-hydroxylation sites is 3. The minimum absolute atomic E-state index is 0.117. The van der Waals surface area contributed by atoms with Crippen molar-refractivity contribution in [3.63, 3.8) is 0 Å². The van der Waals surface area contributed by atoms with Crippen molar-refractivity contribution in [1.29, 1.82) is 0 Å². The van der Waals surface area contributed by atoms with Gasteiger partial charge in [0.1, 0.15) is 11.6 Å². The van der Waals surface area contributed by atoms with Gasteiger partial charge in [-0.05, 0) is 93.7 Å². The lowest BCUT2D eigenvalue weighted by atomic mass is 9.70. The van der Waals surface area contributed by atoms with Gasteiger partial charge in [-0.15, -0.1) is 0 Å². The van der Waals surface area contributed by atoms with E-state index in [0.717, 1.165) is 56.0 Å². The molecule has 4 aromatic rings. The first-order valence-corrected chi connectivity index (χ1v) is 16.3. The average molecular weight is 577 g/mol. The zero-order chi connectivity index (χ0) is 29.2. The van der Waals surface area contributed by atoms with Gasteiger partial charge in [-0.2, -0.15) is 0 Å². The summed E-state index contributed by atoms with van der Waals surface area (Å²) in [6.45, 7) is 5.38. The summed E-state index contributed by atoms with van der Waals surface area (Å²) in [5.41, 5.74) is 3.96. The van der Waals surface area contributed by atoms with Crippen molar-refractivity contribution >= 4 is 16.9 Å². The van der Waals surface area contributed by atoms with Crippen molar-refractivity contribution in [2.75, 3.05) is 26.2 Å². The molecule has 1 aromatic heterocycles. The third-order valence-electron chi connectivity index (χ3n) is 10.6. The maximum Gasteiger partial charge on any atom is 0.225 e. The van der Waals surface area contributed by atoms with Crippen molar-refractivity contribution in [1.82, 2.24) is 19.4 Å². The number of carbonyl (C=O) groups excluding carboxylic acids is 1. The predicted molar refractivity (Wildman–Crippen MR) is 171 cm³/mol. The van der Waals surface area contributed by atoms with Gasteiger partial charge < -0.3 is 14.2 Å². The molecule has 7 rings (SSSR count). The zero-order valence-electron chi connectivity index (χ0n) is 25.4. The Kier molecular flexibility index (Phi) is 7.96. The summed E-state index contributed by atoms with van der Waals surface area (Å²) in [5.74, 6) is 2.18. The van der Waals surface area contributed by atoms with E-state index in [1.807, 2.05) is 30.3 Å². The van der Waals surface area contributed by atoms with Crippen LogP contribution in [0.25, 0.3) is 11.0 Å². The molecule has 6 nitrogen and oxygen atoms in total. The lowest BCUT2D eigenvalue weighted by Gasteiger charge is -2.45. The zero-order valence-corrected chi connectivity index (χ0v) is 25.4. The minimum atomic E-state index is 0.117. The summed E-state index contributed by atoms with van der Waals surface area (Å²) in [5, 5.41) is 0. The maximum atomic E-state index is 13.1. The van der Waals surface area contributed by atoms with Crippen LogP contribution in [-0.2, 0) is 10.2 Å². The molecular formula is C37H44N4O2. The Morgan fingerprint density at radius 1 is 0.860 bits per heavy atom. The number of aryl methyl sites for hydroxylation is 1. The smallest absolute Gasteiger partial charge is 0.225 e. The molecule has 0 saturated carbocycles. The summed E-state index contributed by atoms with van der Waals surface area (Å²) in [4.78, 5) is 22.9. The Bertz CT molecular complexity index is 1510. The van der Waals surface area contributed by atoms with Crippen molar-refractivity contribution in [2.45, 2.75) is 81.8 Å². The van der Waals surface area contributed by atoms with Gasteiger partial charge in [0.05, 0.1) is 24.1 Å². The molecule has 43 heavy (non-hydrogen) atoms. The van der Waals surface area contributed by atoms with Crippen molar-refractivity contribution < 1.29 is 9.53 Å². The number of aromatic nitrogens is 2. The van der Waals surface area contributed by atoms with E-state index in [-0.39, 0.29) is 11.3 Å². The van der Waals surface area contributed by atoms with Gasteiger partial charge >= 0.3 is 0 Å². The Labute approximate surface area is 255 Å². The summed E-state index contributed by atoms with van der Waals surface area (Å²) in [6.07, 6.45) is 8.66. The molecule has 224 valence electrons. The Morgan fingerprint density at radius 3 is 2.23 bits per heavy atom. The van der Waals surface area contributed by atoms with Crippen LogP contribution in [0.1, 0.15) is 68.8 Å². The van der Waals surface area contributed by atoms with Crippen LogP contribution in [-0.4, -0.2) is 63.6 Å². The number of carbonyl (C=O) groups is 1.